The number of hydrogen-bond acceptors (Lipinski definition) is 4. The van der Waals surface area contributed by atoms with E-state index in [4.69, 9.17) is 4.74 Å². The molecule has 0 saturated heterocycles. The van der Waals surface area contributed by atoms with E-state index in [2.05, 4.69) is 15.6 Å². The molecule has 1 aromatic heterocycles. The van der Waals surface area contributed by atoms with E-state index in [1.165, 1.54) is 12.8 Å². The van der Waals surface area contributed by atoms with Crippen LogP contribution in [-0.2, 0) is 11.3 Å². The largest absolute Gasteiger partial charge is 0.482 e. The number of ether oxygens (including phenoxy) is 1. The predicted molar refractivity (Wildman–Crippen MR) is 77.5 cm³/mol. The van der Waals surface area contributed by atoms with Gasteiger partial charge < -0.3 is 15.4 Å². The zero-order valence-corrected chi connectivity index (χ0v) is 12.4. The first-order valence-electron chi connectivity index (χ1n) is 7.04. The number of rotatable bonds is 6. The Morgan fingerprint density at radius 2 is 2.15 bits per heavy atom. The maximum Gasteiger partial charge on any atom is 0.258 e. The van der Waals surface area contributed by atoms with Gasteiger partial charge in [0.2, 0.25) is 0 Å². The monoisotopic (exact) mass is 277 g/mol. The molecule has 1 heterocycles. The number of carbonyl (C=O) groups is 1. The van der Waals surface area contributed by atoms with Gasteiger partial charge in [-0.3, -0.25) is 9.78 Å². The normalized spacial score (nSPS) is 14.9. The number of nitrogens with one attached hydrogen (secondary N) is 2. The predicted octanol–water partition coefficient (Wildman–Crippen LogP) is 1.63. The Balaban J connectivity index is 1.73. The maximum atomic E-state index is 11.6. The summed E-state index contributed by atoms with van der Waals surface area (Å²) < 4.78 is 5.41. The van der Waals surface area contributed by atoms with Crippen LogP contribution in [0.15, 0.2) is 18.3 Å². The first-order valence-corrected chi connectivity index (χ1v) is 7.04. The van der Waals surface area contributed by atoms with Gasteiger partial charge in [0.25, 0.3) is 5.91 Å². The molecular weight excluding hydrogens is 254 g/mol. The number of aromatic nitrogens is 1. The summed E-state index contributed by atoms with van der Waals surface area (Å²) in [6.45, 7) is 6.62. The van der Waals surface area contributed by atoms with Crippen molar-refractivity contribution in [2.75, 3.05) is 6.61 Å². The first-order chi connectivity index (χ1) is 9.42. The Hall–Kier alpha value is -1.62. The van der Waals surface area contributed by atoms with Crippen LogP contribution in [0.1, 0.15) is 39.3 Å². The van der Waals surface area contributed by atoms with E-state index in [0.717, 1.165) is 12.2 Å². The van der Waals surface area contributed by atoms with Crippen molar-refractivity contribution in [3.8, 4) is 5.75 Å². The highest BCUT2D eigenvalue weighted by molar-refractivity contribution is 5.78. The number of pyridine rings is 1. The molecule has 0 aromatic carbocycles. The van der Waals surface area contributed by atoms with Crippen LogP contribution >= 0.6 is 0 Å². The molecule has 5 heteroatoms. The van der Waals surface area contributed by atoms with Crippen LogP contribution in [0.4, 0.5) is 0 Å². The van der Waals surface area contributed by atoms with Crippen molar-refractivity contribution in [3.05, 3.63) is 24.0 Å². The molecule has 0 atom stereocenters. The molecule has 1 aliphatic rings. The van der Waals surface area contributed by atoms with E-state index >= 15 is 0 Å². The average Bonchev–Trinajstić information content (AvgIpc) is 3.17. The SMILES string of the molecule is CC(C)(C)NC(=O)COc1ccc(CNC2CC2)nc1. The van der Waals surface area contributed by atoms with Gasteiger partial charge in [-0.05, 0) is 45.7 Å². The lowest BCUT2D eigenvalue weighted by Gasteiger charge is -2.20. The van der Waals surface area contributed by atoms with Crippen LogP contribution in [0.2, 0.25) is 0 Å². The zero-order valence-electron chi connectivity index (χ0n) is 12.4. The van der Waals surface area contributed by atoms with Crippen LogP contribution in [0.3, 0.4) is 0 Å². The number of amides is 1. The molecule has 1 amide bonds. The van der Waals surface area contributed by atoms with Crippen molar-refractivity contribution < 1.29 is 9.53 Å². The Kier molecular flexibility index (Phi) is 4.60. The molecule has 0 spiro atoms. The van der Waals surface area contributed by atoms with Crippen molar-refractivity contribution in [1.82, 2.24) is 15.6 Å². The second-order valence-electron chi connectivity index (χ2n) is 6.23. The molecule has 5 nitrogen and oxygen atoms in total. The van der Waals surface area contributed by atoms with Gasteiger partial charge in [0.15, 0.2) is 6.61 Å². The number of nitrogens with zero attached hydrogens (tertiary/aromatic N) is 1. The van der Waals surface area contributed by atoms with Crippen molar-refractivity contribution in [2.24, 2.45) is 0 Å². The summed E-state index contributed by atoms with van der Waals surface area (Å²) in [5.41, 5.74) is 0.750. The first kappa shape index (κ1) is 14.8. The van der Waals surface area contributed by atoms with Crippen molar-refractivity contribution in [3.63, 3.8) is 0 Å². The molecule has 1 saturated carbocycles. The summed E-state index contributed by atoms with van der Waals surface area (Å²) in [5, 5.41) is 6.25. The van der Waals surface area contributed by atoms with Crippen LogP contribution in [0, 0.1) is 0 Å². The van der Waals surface area contributed by atoms with Gasteiger partial charge in [-0.25, -0.2) is 0 Å². The Morgan fingerprint density at radius 1 is 1.40 bits per heavy atom. The summed E-state index contributed by atoms with van der Waals surface area (Å²) >= 11 is 0. The molecule has 20 heavy (non-hydrogen) atoms. The number of carbonyl (C=O) groups excluding carboxylic acids is 1. The second-order valence-corrected chi connectivity index (χ2v) is 6.23. The highest BCUT2D eigenvalue weighted by Crippen LogP contribution is 2.19. The van der Waals surface area contributed by atoms with Crippen molar-refractivity contribution in [2.45, 2.75) is 51.7 Å². The van der Waals surface area contributed by atoms with E-state index in [-0.39, 0.29) is 18.1 Å². The van der Waals surface area contributed by atoms with Crippen LogP contribution in [0.5, 0.6) is 5.75 Å². The third kappa shape index (κ3) is 5.57. The summed E-state index contributed by atoms with van der Waals surface area (Å²) in [6, 6.07) is 4.45. The van der Waals surface area contributed by atoms with E-state index in [0.29, 0.717) is 11.8 Å². The highest BCUT2D eigenvalue weighted by atomic mass is 16.5. The van der Waals surface area contributed by atoms with Gasteiger partial charge in [-0.1, -0.05) is 0 Å². The van der Waals surface area contributed by atoms with Gasteiger partial charge in [0.05, 0.1) is 11.9 Å². The third-order valence-electron chi connectivity index (χ3n) is 2.83. The third-order valence-corrected chi connectivity index (χ3v) is 2.83. The molecule has 0 bridgehead atoms. The fourth-order valence-corrected chi connectivity index (χ4v) is 1.74. The Labute approximate surface area is 120 Å². The van der Waals surface area contributed by atoms with Gasteiger partial charge in [-0.15, -0.1) is 0 Å². The molecule has 0 unspecified atom stereocenters. The molecule has 1 aliphatic carbocycles. The molecule has 0 aliphatic heterocycles. The lowest BCUT2D eigenvalue weighted by Crippen LogP contribution is -2.43. The molecule has 2 rings (SSSR count). The molecule has 0 radical (unpaired) electrons. The molecule has 2 N–H and O–H groups in total. The fraction of sp³-hybridized carbons (Fsp3) is 0.600. The van der Waals surface area contributed by atoms with E-state index in [9.17, 15) is 4.79 Å². The molecule has 110 valence electrons. The molecular formula is C15H23N3O2. The van der Waals surface area contributed by atoms with Gasteiger partial charge >= 0.3 is 0 Å². The lowest BCUT2D eigenvalue weighted by atomic mass is 10.1. The van der Waals surface area contributed by atoms with Gasteiger partial charge in [-0.2, -0.15) is 0 Å². The second kappa shape index (κ2) is 6.22. The molecule has 1 aromatic rings. The lowest BCUT2D eigenvalue weighted by molar-refractivity contribution is -0.124. The zero-order chi connectivity index (χ0) is 14.6. The van der Waals surface area contributed by atoms with Gasteiger partial charge in [0.1, 0.15) is 5.75 Å². The average molecular weight is 277 g/mol. The summed E-state index contributed by atoms with van der Waals surface area (Å²) in [4.78, 5) is 15.9. The standard InChI is InChI=1S/C15H23N3O2/c1-15(2,3)18-14(19)10-20-13-7-6-12(17-9-13)8-16-11-4-5-11/h6-7,9,11,16H,4-5,8,10H2,1-3H3,(H,18,19). The molecule has 1 fully saturated rings. The highest BCUT2D eigenvalue weighted by Gasteiger charge is 2.20. The van der Waals surface area contributed by atoms with E-state index < -0.39 is 0 Å². The van der Waals surface area contributed by atoms with Crippen LogP contribution < -0.4 is 15.4 Å². The van der Waals surface area contributed by atoms with Crippen molar-refractivity contribution in [1.29, 1.82) is 0 Å². The van der Waals surface area contributed by atoms with Gasteiger partial charge in [0, 0.05) is 18.1 Å². The fourth-order valence-electron chi connectivity index (χ4n) is 1.74. The quantitative estimate of drug-likeness (QED) is 0.829. The summed E-state index contributed by atoms with van der Waals surface area (Å²) in [6.07, 6.45) is 4.20. The Morgan fingerprint density at radius 3 is 2.70 bits per heavy atom. The maximum absolute atomic E-state index is 11.6. The summed E-state index contributed by atoms with van der Waals surface area (Å²) in [5.74, 6) is 0.487. The summed E-state index contributed by atoms with van der Waals surface area (Å²) in [7, 11) is 0. The minimum Gasteiger partial charge on any atom is -0.482 e. The topological polar surface area (TPSA) is 63.2 Å². The minimum absolute atomic E-state index is 0.0125. The Bertz CT molecular complexity index is 447. The smallest absolute Gasteiger partial charge is 0.258 e. The van der Waals surface area contributed by atoms with E-state index in [1.807, 2.05) is 32.9 Å². The number of hydrogen-bond donors (Lipinski definition) is 2. The minimum atomic E-state index is -0.239. The van der Waals surface area contributed by atoms with Crippen molar-refractivity contribution >= 4 is 5.91 Å². The van der Waals surface area contributed by atoms with Crippen LogP contribution in [0.25, 0.3) is 0 Å². The van der Waals surface area contributed by atoms with E-state index in [1.54, 1.807) is 6.20 Å². The van der Waals surface area contributed by atoms with Crippen LogP contribution in [-0.4, -0.2) is 29.1 Å².